The summed E-state index contributed by atoms with van der Waals surface area (Å²) in [6, 6.07) is 2.84. The van der Waals surface area contributed by atoms with Gasteiger partial charge in [0.1, 0.15) is 17.2 Å². The highest BCUT2D eigenvalue weighted by Gasteiger charge is 2.28. The van der Waals surface area contributed by atoms with Crippen molar-refractivity contribution in [1.82, 2.24) is 19.4 Å². The van der Waals surface area contributed by atoms with Crippen molar-refractivity contribution in [3.8, 4) is 5.82 Å². The van der Waals surface area contributed by atoms with Gasteiger partial charge in [0.05, 0.1) is 18.2 Å². The molecular weight excluding hydrogens is 428 g/mol. The number of carbonyl (C=O) groups excluding carboxylic acids is 1. The van der Waals surface area contributed by atoms with Gasteiger partial charge in [-0.15, -0.1) is 0 Å². The molecular formula is C20H17F2N5O5. The normalized spacial score (nSPS) is 14.3. The number of carboxylic acids is 1. The number of halogens is 2. The van der Waals surface area contributed by atoms with Crippen LogP contribution in [0.4, 0.5) is 19.4 Å². The second kappa shape index (κ2) is 8.30. The van der Waals surface area contributed by atoms with Gasteiger partial charge in [-0.2, -0.15) is 0 Å². The number of aliphatic hydroxyl groups is 1. The number of urea groups is 1. The third-order valence-electron chi connectivity index (χ3n) is 5.04. The molecule has 0 unspecified atom stereocenters. The number of β-amino-alcohol motifs (C(OH)–C–C–N with tert-alkyl or cyclic N) is 1. The molecule has 0 radical (unpaired) electrons. The van der Waals surface area contributed by atoms with Gasteiger partial charge < -0.3 is 15.1 Å². The zero-order valence-corrected chi connectivity index (χ0v) is 16.5. The molecule has 0 aromatic carbocycles. The smallest absolute Gasteiger partial charge is 0.341 e. The van der Waals surface area contributed by atoms with Crippen molar-refractivity contribution in [2.45, 2.75) is 6.42 Å². The van der Waals surface area contributed by atoms with Gasteiger partial charge in [0.15, 0.2) is 17.3 Å². The Hall–Kier alpha value is -3.93. The highest BCUT2D eigenvalue weighted by atomic mass is 19.1. The van der Waals surface area contributed by atoms with Crippen LogP contribution in [0.5, 0.6) is 0 Å². The summed E-state index contributed by atoms with van der Waals surface area (Å²) in [6.45, 7) is 0.707. The molecule has 3 aromatic rings. The van der Waals surface area contributed by atoms with Crippen molar-refractivity contribution >= 4 is 28.9 Å². The molecule has 0 saturated carbocycles. The van der Waals surface area contributed by atoms with Gasteiger partial charge in [0, 0.05) is 31.9 Å². The Morgan fingerprint density at radius 1 is 1.19 bits per heavy atom. The molecule has 2 N–H and O–H groups in total. The minimum atomic E-state index is -1.54. The quantitative estimate of drug-likeness (QED) is 0.607. The fraction of sp³-hybridized carbons (Fsp3) is 0.250. The lowest BCUT2D eigenvalue weighted by Gasteiger charge is -2.34. The molecule has 1 saturated heterocycles. The van der Waals surface area contributed by atoms with E-state index < -0.39 is 40.4 Å². The van der Waals surface area contributed by atoms with Crippen LogP contribution in [0.15, 0.2) is 35.4 Å². The van der Waals surface area contributed by atoms with E-state index in [2.05, 4.69) is 9.97 Å². The van der Waals surface area contributed by atoms with Gasteiger partial charge in [-0.05, 0) is 18.6 Å². The Balaban J connectivity index is 1.93. The fourth-order valence-corrected chi connectivity index (χ4v) is 3.56. The lowest BCUT2D eigenvalue weighted by Crippen LogP contribution is -2.50. The maximum atomic E-state index is 14.5. The number of hydrogen-bond donors (Lipinski definition) is 2. The van der Waals surface area contributed by atoms with Gasteiger partial charge in [-0.3, -0.25) is 14.3 Å². The summed E-state index contributed by atoms with van der Waals surface area (Å²) in [7, 11) is 0. The molecule has 166 valence electrons. The molecule has 1 aliphatic rings. The van der Waals surface area contributed by atoms with E-state index in [1.165, 1.54) is 21.9 Å². The first-order chi connectivity index (χ1) is 15.3. The first-order valence-corrected chi connectivity index (χ1v) is 9.60. The van der Waals surface area contributed by atoms with Crippen LogP contribution < -0.4 is 10.3 Å². The molecule has 1 aliphatic heterocycles. The van der Waals surface area contributed by atoms with Crippen molar-refractivity contribution in [1.29, 1.82) is 0 Å². The molecule has 1 fully saturated rings. The summed E-state index contributed by atoms with van der Waals surface area (Å²) >= 11 is 0. The number of aliphatic hydroxyl groups excluding tert-OH is 1. The minimum Gasteiger partial charge on any atom is -0.477 e. The number of aromatic nitrogens is 3. The van der Waals surface area contributed by atoms with Crippen molar-refractivity contribution in [3.05, 3.63) is 58.0 Å². The number of rotatable bonds is 5. The van der Waals surface area contributed by atoms with Crippen LogP contribution in [0.3, 0.4) is 0 Å². The number of hydrogen-bond acceptors (Lipinski definition) is 6. The largest absolute Gasteiger partial charge is 0.477 e. The third-order valence-corrected chi connectivity index (χ3v) is 5.04. The van der Waals surface area contributed by atoms with Crippen LogP contribution in [0.25, 0.3) is 16.9 Å². The number of carboxylic acid groups (broad SMARTS) is 1. The first kappa shape index (κ1) is 21.3. The predicted molar refractivity (Wildman–Crippen MR) is 108 cm³/mol. The predicted octanol–water partition coefficient (Wildman–Crippen LogP) is 1.38. The van der Waals surface area contributed by atoms with Gasteiger partial charge in [0.2, 0.25) is 5.43 Å². The Morgan fingerprint density at radius 2 is 1.97 bits per heavy atom. The summed E-state index contributed by atoms with van der Waals surface area (Å²) in [4.78, 5) is 47.8. The Kier molecular flexibility index (Phi) is 5.53. The van der Waals surface area contributed by atoms with Crippen LogP contribution in [0, 0.1) is 11.6 Å². The van der Waals surface area contributed by atoms with Crippen LogP contribution in [0.1, 0.15) is 16.8 Å². The Morgan fingerprint density at radius 3 is 2.66 bits per heavy atom. The monoisotopic (exact) mass is 445 g/mol. The molecule has 2 amide bonds. The zero-order chi connectivity index (χ0) is 23.0. The van der Waals surface area contributed by atoms with Gasteiger partial charge in [0.25, 0.3) is 0 Å². The second-order valence-electron chi connectivity index (χ2n) is 7.05. The zero-order valence-electron chi connectivity index (χ0n) is 16.5. The lowest BCUT2D eigenvalue weighted by molar-refractivity contribution is 0.0695. The number of pyridine rings is 3. The highest BCUT2D eigenvalue weighted by Crippen LogP contribution is 2.23. The fourth-order valence-electron chi connectivity index (χ4n) is 3.56. The van der Waals surface area contributed by atoms with Crippen molar-refractivity contribution in [2.24, 2.45) is 0 Å². The summed E-state index contributed by atoms with van der Waals surface area (Å²) in [5.41, 5.74) is -1.65. The molecule has 12 heteroatoms. The summed E-state index contributed by atoms with van der Waals surface area (Å²) in [5.74, 6) is -3.89. The van der Waals surface area contributed by atoms with Crippen LogP contribution in [-0.2, 0) is 0 Å². The average Bonchev–Trinajstić information content (AvgIpc) is 2.76. The maximum Gasteiger partial charge on any atom is 0.341 e. The van der Waals surface area contributed by atoms with Crippen LogP contribution >= 0.6 is 0 Å². The summed E-state index contributed by atoms with van der Waals surface area (Å²) in [5, 5.41) is 18.4. The van der Waals surface area contributed by atoms with Crippen molar-refractivity contribution in [2.75, 3.05) is 31.1 Å². The molecule has 0 aliphatic carbocycles. The van der Waals surface area contributed by atoms with E-state index in [9.17, 15) is 28.3 Å². The van der Waals surface area contributed by atoms with Gasteiger partial charge >= 0.3 is 12.0 Å². The lowest BCUT2D eigenvalue weighted by atomic mass is 10.2. The molecule has 0 atom stereocenters. The van der Waals surface area contributed by atoms with Crippen LogP contribution in [0.2, 0.25) is 0 Å². The standard InChI is InChI=1S/C20H17F2N5O5/c21-11-8-14(22)18(23-9-11)27-10-13(19(30)31)16(29)12-2-3-15(24-17(12)27)26-5-1-4-25(6-7-28)20(26)32/h2-3,8-10,28H,1,4-7H2,(H,30,31). The number of aromatic carboxylic acids is 1. The molecule has 10 nitrogen and oxygen atoms in total. The Bertz CT molecular complexity index is 1290. The van der Waals surface area contributed by atoms with Crippen LogP contribution in [-0.4, -0.2) is 67.9 Å². The number of fused-ring (bicyclic) bond motifs is 1. The van der Waals surface area contributed by atoms with E-state index in [0.29, 0.717) is 25.6 Å². The second-order valence-corrected chi connectivity index (χ2v) is 7.05. The first-order valence-electron chi connectivity index (χ1n) is 9.60. The summed E-state index contributed by atoms with van der Waals surface area (Å²) in [6.07, 6.45) is 2.21. The molecule has 4 heterocycles. The van der Waals surface area contributed by atoms with E-state index in [1.807, 2.05) is 0 Å². The number of nitrogens with zero attached hydrogens (tertiary/aromatic N) is 5. The van der Waals surface area contributed by atoms with E-state index in [4.69, 9.17) is 5.11 Å². The molecule has 4 rings (SSSR count). The maximum absolute atomic E-state index is 14.5. The van der Waals surface area contributed by atoms with E-state index >= 15 is 0 Å². The molecule has 0 spiro atoms. The van der Waals surface area contributed by atoms with Crippen molar-refractivity contribution in [3.63, 3.8) is 0 Å². The Labute approximate surface area is 179 Å². The van der Waals surface area contributed by atoms with Gasteiger partial charge in [-0.1, -0.05) is 0 Å². The van der Waals surface area contributed by atoms with E-state index in [0.717, 1.165) is 17.0 Å². The average molecular weight is 445 g/mol. The minimum absolute atomic E-state index is 0.139. The van der Waals surface area contributed by atoms with Gasteiger partial charge in [-0.25, -0.2) is 28.3 Å². The topological polar surface area (TPSA) is 129 Å². The van der Waals surface area contributed by atoms with E-state index in [1.54, 1.807) is 0 Å². The highest BCUT2D eigenvalue weighted by molar-refractivity contribution is 5.95. The van der Waals surface area contributed by atoms with E-state index in [-0.39, 0.29) is 30.0 Å². The molecule has 32 heavy (non-hydrogen) atoms. The number of carbonyl (C=O) groups is 2. The third kappa shape index (κ3) is 3.64. The number of amides is 2. The van der Waals surface area contributed by atoms with Crippen molar-refractivity contribution < 1.29 is 28.6 Å². The molecule has 0 bridgehead atoms. The SMILES string of the molecule is O=C(O)c1cn(-c2ncc(F)cc2F)c2nc(N3CCCN(CCO)C3=O)ccc2c1=O. The molecule has 3 aromatic heterocycles. The number of anilines is 1. The summed E-state index contributed by atoms with van der Waals surface area (Å²) < 4.78 is 28.8.